The van der Waals surface area contributed by atoms with Gasteiger partial charge in [-0.25, -0.2) is 4.79 Å². The Morgan fingerprint density at radius 2 is 1.82 bits per heavy atom. The average molecular weight is 450 g/mol. The fourth-order valence-corrected chi connectivity index (χ4v) is 4.46. The van der Waals surface area contributed by atoms with Crippen molar-refractivity contribution >= 4 is 23.5 Å². The van der Waals surface area contributed by atoms with Gasteiger partial charge in [0.25, 0.3) is 11.7 Å². The Balaban J connectivity index is 1.71. The Kier molecular flexibility index (Phi) is 6.44. The number of piperidine rings is 1. The van der Waals surface area contributed by atoms with Gasteiger partial charge in [-0.3, -0.25) is 14.6 Å². The molecule has 2 saturated heterocycles. The highest BCUT2D eigenvalue weighted by Crippen LogP contribution is 2.41. The van der Waals surface area contributed by atoms with Crippen LogP contribution in [0, 0.1) is 6.92 Å². The van der Waals surface area contributed by atoms with E-state index in [0.29, 0.717) is 43.8 Å². The first-order chi connectivity index (χ1) is 15.9. The summed E-state index contributed by atoms with van der Waals surface area (Å²) in [6.45, 7) is 4.81. The lowest BCUT2D eigenvalue weighted by Crippen LogP contribution is -2.48. The Hall–Kier alpha value is -3.68. The van der Waals surface area contributed by atoms with Crippen molar-refractivity contribution in [2.24, 2.45) is 0 Å². The molecule has 1 unspecified atom stereocenters. The number of nitrogens with zero attached hydrogens (tertiary/aromatic N) is 3. The fraction of sp³-hybridized carbons (Fsp3) is 0.360. The van der Waals surface area contributed by atoms with Gasteiger partial charge in [0, 0.05) is 30.9 Å². The number of Topliss-reactive ketones (excluding diaryl/α,β-unsaturated/α-hetero) is 1. The third kappa shape index (κ3) is 4.33. The van der Waals surface area contributed by atoms with Crippen molar-refractivity contribution in [1.82, 2.24) is 14.8 Å². The number of likely N-dealkylation sites (tertiary alicyclic amines) is 2. The van der Waals surface area contributed by atoms with Gasteiger partial charge in [-0.2, -0.15) is 0 Å². The molecular weight excluding hydrogens is 422 g/mol. The molecular formula is C25H27N3O5. The Labute approximate surface area is 192 Å². The molecule has 1 N–H and O–H groups in total. The molecule has 0 aliphatic carbocycles. The number of hydrogen-bond donors (Lipinski definition) is 1. The van der Waals surface area contributed by atoms with Crippen LogP contribution >= 0.6 is 0 Å². The molecule has 3 heterocycles. The van der Waals surface area contributed by atoms with E-state index in [4.69, 9.17) is 4.74 Å². The van der Waals surface area contributed by atoms with Gasteiger partial charge in [0.1, 0.15) is 11.8 Å². The van der Waals surface area contributed by atoms with Gasteiger partial charge in [0.15, 0.2) is 0 Å². The number of aliphatic hydroxyl groups excluding tert-OH is 1. The van der Waals surface area contributed by atoms with E-state index in [1.54, 1.807) is 48.4 Å². The zero-order chi connectivity index (χ0) is 23.5. The van der Waals surface area contributed by atoms with Crippen LogP contribution < -0.4 is 0 Å². The number of ketones is 1. The molecule has 2 fully saturated rings. The second-order valence-electron chi connectivity index (χ2n) is 8.24. The Morgan fingerprint density at radius 1 is 1.12 bits per heavy atom. The van der Waals surface area contributed by atoms with Crippen molar-refractivity contribution in [3.05, 3.63) is 71.1 Å². The summed E-state index contributed by atoms with van der Waals surface area (Å²) in [7, 11) is 0. The summed E-state index contributed by atoms with van der Waals surface area (Å²) in [5.41, 5.74) is 2.03. The zero-order valence-corrected chi connectivity index (χ0v) is 18.7. The van der Waals surface area contributed by atoms with E-state index in [1.165, 1.54) is 4.90 Å². The number of aryl methyl sites for hydroxylation is 1. The van der Waals surface area contributed by atoms with Gasteiger partial charge in [-0.15, -0.1) is 0 Å². The first-order valence-corrected chi connectivity index (χ1v) is 11.1. The van der Waals surface area contributed by atoms with Crippen molar-refractivity contribution < 1.29 is 24.2 Å². The first kappa shape index (κ1) is 22.5. The maximum atomic E-state index is 13.2. The molecule has 2 aliphatic heterocycles. The number of pyridine rings is 1. The van der Waals surface area contributed by atoms with Gasteiger partial charge in [-0.05, 0) is 38.8 Å². The normalized spacial score (nSPS) is 20.8. The van der Waals surface area contributed by atoms with Crippen molar-refractivity contribution in [3.63, 3.8) is 0 Å². The van der Waals surface area contributed by atoms with E-state index in [9.17, 15) is 19.5 Å². The summed E-state index contributed by atoms with van der Waals surface area (Å²) in [6.07, 6.45) is 2.23. The van der Waals surface area contributed by atoms with Crippen LogP contribution in [0.15, 0.2) is 54.2 Å². The van der Waals surface area contributed by atoms with E-state index in [0.717, 1.165) is 5.56 Å². The molecule has 0 spiro atoms. The van der Waals surface area contributed by atoms with Crippen LogP contribution in [0.25, 0.3) is 5.76 Å². The lowest BCUT2D eigenvalue weighted by molar-refractivity contribution is -0.142. The maximum Gasteiger partial charge on any atom is 0.409 e. The molecule has 1 atom stereocenters. The number of amides is 2. The van der Waals surface area contributed by atoms with E-state index in [-0.39, 0.29) is 23.5 Å². The van der Waals surface area contributed by atoms with Crippen LogP contribution in [0.4, 0.5) is 4.79 Å². The molecule has 1 aromatic carbocycles. The third-order valence-electron chi connectivity index (χ3n) is 6.16. The largest absolute Gasteiger partial charge is 0.507 e. The number of hydrogen-bond acceptors (Lipinski definition) is 6. The summed E-state index contributed by atoms with van der Waals surface area (Å²) in [5.74, 6) is -1.60. The minimum Gasteiger partial charge on any atom is -0.507 e. The molecule has 8 heteroatoms. The zero-order valence-electron chi connectivity index (χ0n) is 18.7. The maximum absolute atomic E-state index is 13.2. The second-order valence-corrected chi connectivity index (χ2v) is 8.24. The van der Waals surface area contributed by atoms with Crippen LogP contribution in [0.1, 0.15) is 42.6 Å². The summed E-state index contributed by atoms with van der Waals surface area (Å²) >= 11 is 0. The minimum atomic E-state index is -0.799. The van der Waals surface area contributed by atoms with Crippen molar-refractivity contribution in [3.8, 4) is 0 Å². The van der Waals surface area contributed by atoms with Crippen LogP contribution in [0.3, 0.4) is 0 Å². The molecule has 1 aromatic heterocycles. The molecule has 4 rings (SSSR count). The highest BCUT2D eigenvalue weighted by Gasteiger charge is 2.50. The van der Waals surface area contributed by atoms with Crippen LogP contribution in [0.2, 0.25) is 0 Å². The Bertz CT molecular complexity index is 1070. The third-order valence-corrected chi connectivity index (χ3v) is 6.16. The summed E-state index contributed by atoms with van der Waals surface area (Å²) < 4.78 is 5.08. The smallest absolute Gasteiger partial charge is 0.409 e. The molecule has 0 radical (unpaired) electrons. The molecule has 33 heavy (non-hydrogen) atoms. The number of carbonyl (C=O) groups excluding carboxylic acids is 3. The Morgan fingerprint density at radius 3 is 2.42 bits per heavy atom. The highest BCUT2D eigenvalue weighted by atomic mass is 16.6. The van der Waals surface area contributed by atoms with Gasteiger partial charge in [0.2, 0.25) is 0 Å². The molecule has 172 valence electrons. The van der Waals surface area contributed by atoms with Gasteiger partial charge < -0.3 is 19.6 Å². The van der Waals surface area contributed by atoms with E-state index in [1.807, 2.05) is 19.1 Å². The first-order valence-electron chi connectivity index (χ1n) is 11.1. The molecule has 2 aliphatic rings. The van der Waals surface area contributed by atoms with Crippen molar-refractivity contribution in [2.45, 2.75) is 38.8 Å². The summed E-state index contributed by atoms with van der Waals surface area (Å²) in [6, 6.07) is 11.4. The van der Waals surface area contributed by atoms with Gasteiger partial charge in [0.05, 0.1) is 17.9 Å². The van der Waals surface area contributed by atoms with Crippen LogP contribution in [-0.2, 0) is 14.3 Å². The van der Waals surface area contributed by atoms with Crippen LogP contribution in [0.5, 0.6) is 0 Å². The predicted octanol–water partition coefficient (Wildman–Crippen LogP) is 3.43. The fourth-order valence-electron chi connectivity index (χ4n) is 4.46. The highest BCUT2D eigenvalue weighted by molar-refractivity contribution is 6.46. The second kappa shape index (κ2) is 9.44. The number of carbonyl (C=O) groups is 3. The number of aromatic nitrogens is 1. The SMILES string of the molecule is CCOC(=O)N1CCC(N2C(=O)C(=O)/C(=C(/O)c3ccc(C)cc3)C2c2ccccn2)CC1. The van der Waals surface area contributed by atoms with E-state index >= 15 is 0 Å². The van der Waals surface area contributed by atoms with Gasteiger partial charge in [-0.1, -0.05) is 35.9 Å². The average Bonchev–Trinajstić information content (AvgIpc) is 3.10. The lowest BCUT2D eigenvalue weighted by atomic mass is 9.96. The molecule has 2 amide bonds. The van der Waals surface area contributed by atoms with Crippen molar-refractivity contribution in [2.75, 3.05) is 19.7 Å². The molecule has 0 saturated carbocycles. The number of aliphatic hydroxyl groups is 1. The summed E-state index contributed by atoms with van der Waals surface area (Å²) in [5, 5.41) is 11.1. The number of ether oxygens (including phenoxy) is 1. The summed E-state index contributed by atoms with van der Waals surface area (Å²) in [4.78, 5) is 46.0. The van der Waals surface area contributed by atoms with E-state index in [2.05, 4.69) is 4.98 Å². The molecule has 2 aromatic rings. The predicted molar refractivity (Wildman–Crippen MR) is 121 cm³/mol. The number of rotatable bonds is 4. The van der Waals surface area contributed by atoms with Crippen molar-refractivity contribution in [1.29, 1.82) is 0 Å². The molecule has 8 nitrogen and oxygen atoms in total. The van der Waals surface area contributed by atoms with Crippen LogP contribution in [-0.4, -0.2) is 63.4 Å². The minimum absolute atomic E-state index is 0.0374. The van der Waals surface area contributed by atoms with E-state index < -0.39 is 17.7 Å². The number of benzene rings is 1. The monoisotopic (exact) mass is 449 g/mol. The van der Waals surface area contributed by atoms with Gasteiger partial charge >= 0.3 is 6.09 Å². The topological polar surface area (TPSA) is 100 Å². The quantitative estimate of drug-likeness (QED) is 0.436. The molecule has 0 bridgehead atoms. The lowest BCUT2D eigenvalue weighted by Gasteiger charge is -2.38. The standard InChI is InChI=1S/C25H27N3O5/c1-3-33-25(32)27-14-11-18(12-15-27)28-21(19-6-4-5-13-26-19)20(23(30)24(28)31)22(29)17-9-7-16(2)8-10-17/h4-10,13,18,21,29H,3,11-12,14-15H2,1-2H3/b22-20+.